The Labute approximate surface area is 205 Å². The van der Waals surface area contributed by atoms with Gasteiger partial charge in [-0.1, -0.05) is 0 Å². The van der Waals surface area contributed by atoms with Crippen LogP contribution in [0, 0.1) is 0 Å². The quantitative estimate of drug-likeness (QED) is 0.425. The minimum Gasteiger partial charge on any atom is -0.508 e. The van der Waals surface area contributed by atoms with Crippen LogP contribution in [0.2, 0.25) is 0 Å². The van der Waals surface area contributed by atoms with Gasteiger partial charge in [-0.2, -0.15) is 0 Å². The van der Waals surface area contributed by atoms with Crippen molar-refractivity contribution in [1.82, 2.24) is 5.32 Å². The predicted octanol–water partition coefficient (Wildman–Crippen LogP) is 2.76. The maximum atomic E-state index is 11.6. The number of aromatic hydroxyl groups is 1. The average Bonchev–Trinajstić information content (AvgIpc) is 2.83. The molecule has 0 aliphatic carbocycles. The zero-order valence-electron chi connectivity index (χ0n) is 20.6. The minimum atomic E-state index is -0.923. The molecule has 35 heavy (non-hydrogen) atoms. The molecule has 1 atom stereocenters. The van der Waals surface area contributed by atoms with Gasteiger partial charge in [0.1, 0.15) is 24.0 Å². The molecule has 10 heteroatoms. The first-order valence-corrected chi connectivity index (χ1v) is 11.7. The second kappa shape index (κ2) is 10.2. The molecule has 4 rings (SSSR count). The van der Waals surface area contributed by atoms with E-state index in [0.29, 0.717) is 30.3 Å². The highest BCUT2D eigenvalue weighted by Crippen LogP contribution is 2.39. The fraction of sp³-hybridized carbons (Fsp3) is 0.480. The van der Waals surface area contributed by atoms with Crippen molar-refractivity contribution in [3.8, 4) is 17.2 Å². The lowest BCUT2D eigenvalue weighted by Crippen LogP contribution is -2.43. The number of methoxy groups -OCH3 is 1. The van der Waals surface area contributed by atoms with Crippen LogP contribution in [0.1, 0.15) is 38.4 Å². The fourth-order valence-corrected chi connectivity index (χ4v) is 4.32. The molecule has 2 aliphatic rings. The van der Waals surface area contributed by atoms with Crippen molar-refractivity contribution in [2.24, 2.45) is 0 Å². The second-order valence-corrected chi connectivity index (χ2v) is 9.55. The van der Waals surface area contributed by atoms with Gasteiger partial charge in [-0.05, 0) is 44.9 Å². The largest absolute Gasteiger partial charge is 0.508 e. The van der Waals surface area contributed by atoms with Gasteiger partial charge in [0.25, 0.3) is 5.91 Å². The van der Waals surface area contributed by atoms with E-state index in [0.717, 1.165) is 30.0 Å². The predicted molar refractivity (Wildman–Crippen MR) is 133 cm³/mol. The van der Waals surface area contributed by atoms with Gasteiger partial charge in [0.05, 0.1) is 30.3 Å². The number of ether oxygens (including phenoxy) is 2. The Morgan fingerprint density at radius 1 is 1.26 bits per heavy atom. The number of hydroxylamine groups is 1. The molecule has 0 saturated heterocycles. The number of hydrogen-bond donors (Lipinski definition) is 4. The fourth-order valence-electron chi connectivity index (χ4n) is 4.32. The van der Waals surface area contributed by atoms with E-state index in [4.69, 9.17) is 14.3 Å². The number of anilines is 3. The highest BCUT2D eigenvalue weighted by Gasteiger charge is 2.27. The third-order valence-electron chi connectivity index (χ3n) is 6.29. The highest BCUT2D eigenvalue weighted by atomic mass is 16.7. The standard InChI is InChI=1S/C25H34N4O6/c1-25(2,8-5-9-29-20-7-6-17(33-4)12-21(20)28(3)15-35-29)26-13-22(31)18-10-16(30)11-19-24(18)34-14-23(32)27-19/h6-7,10-12,22,26,30-31H,5,8-9,13-15H2,1-4H3,(H,27,32). The van der Waals surface area contributed by atoms with Crippen LogP contribution in [-0.2, 0) is 9.63 Å². The Balaban J connectivity index is 1.33. The van der Waals surface area contributed by atoms with Gasteiger partial charge in [-0.3, -0.25) is 14.7 Å². The SMILES string of the molecule is COc1ccc2c(c1)N(C)CON2CCCC(C)(C)NCC(O)c1cc(O)cc2c1OCC(=O)N2. The normalized spacial score (nSPS) is 16.2. The van der Waals surface area contributed by atoms with Crippen LogP contribution in [0.25, 0.3) is 0 Å². The van der Waals surface area contributed by atoms with Crippen molar-refractivity contribution >= 4 is 23.0 Å². The first-order chi connectivity index (χ1) is 16.7. The Kier molecular flexibility index (Phi) is 7.25. The van der Waals surface area contributed by atoms with Gasteiger partial charge in [0.2, 0.25) is 0 Å². The van der Waals surface area contributed by atoms with Crippen LogP contribution >= 0.6 is 0 Å². The van der Waals surface area contributed by atoms with E-state index in [1.807, 2.05) is 35.2 Å². The number of fused-ring (bicyclic) bond motifs is 2. The maximum absolute atomic E-state index is 11.6. The molecule has 1 amide bonds. The lowest BCUT2D eigenvalue weighted by atomic mass is 9.97. The first kappa shape index (κ1) is 24.9. The van der Waals surface area contributed by atoms with E-state index >= 15 is 0 Å². The van der Waals surface area contributed by atoms with E-state index in [1.54, 1.807) is 7.11 Å². The number of amides is 1. The topological polar surface area (TPSA) is 116 Å². The number of nitrogens with zero attached hydrogens (tertiary/aromatic N) is 2. The summed E-state index contributed by atoms with van der Waals surface area (Å²) in [4.78, 5) is 19.6. The number of nitrogens with one attached hydrogen (secondary N) is 2. The third kappa shape index (κ3) is 5.72. The number of rotatable bonds is 9. The molecule has 190 valence electrons. The highest BCUT2D eigenvalue weighted by molar-refractivity contribution is 5.96. The molecule has 2 aromatic rings. The molecular weight excluding hydrogens is 452 g/mol. The molecule has 0 spiro atoms. The lowest BCUT2D eigenvalue weighted by Gasteiger charge is -2.37. The number of benzene rings is 2. The van der Waals surface area contributed by atoms with E-state index in [9.17, 15) is 15.0 Å². The van der Waals surface area contributed by atoms with Crippen molar-refractivity contribution in [2.45, 2.75) is 38.3 Å². The number of aliphatic hydroxyl groups is 1. The van der Waals surface area contributed by atoms with Gasteiger partial charge in [-0.25, -0.2) is 0 Å². The molecule has 0 saturated carbocycles. The Hall–Kier alpha value is -3.21. The first-order valence-electron chi connectivity index (χ1n) is 11.7. The molecule has 4 N–H and O–H groups in total. The summed E-state index contributed by atoms with van der Waals surface area (Å²) >= 11 is 0. The average molecular weight is 487 g/mol. The lowest BCUT2D eigenvalue weighted by molar-refractivity contribution is -0.118. The number of carbonyl (C=O) groups excluding carboxylic acids is 1. The van der Waals surface area contributed by atoms with E-state index < -0.39 is 6.10 Å². The van der Waals surface area contributed by atoms with Gasteiger partial charge in [0, 0.05) is 43.4 Å². The summed E-state index contributed by atoms with van der Waals surface area (Å²) in [5.41, 5.74) is 2.59. The van der Waals surface area contributed by atoms with E-state index in [-0.39, 0.29) is 30.3 Å². The van der Waals surface area contributed by atoms with Gasteiger partial charge in [0.15, 0.2) is 6.61 Å². The van der Waals surface area contributed by atoms with Crippen LogP contribution < -0.4 is 30.1 Å². The monoisotopic (exact) mass is 486 g/mol. The molecule has 0 fully saturated rings. The van der Waals surface area contributed by atoms with Crippen molar-refractivity contribution in [2.75, 3.05) is 55.9 Å². The smallest absolute Gasteiger partial charge is 0.262 e. The van der Waals surface area contributed by atoms with Crippen molar-refractivity contribution in [3.63, 3.8) is 0 Å². The van der Waals surface area contributed by atoms with Crippen LogP contribution in [0.15, 0.2) is 30.3 Å². The van der Waals surface area contributed by atoms with Gasteiger partial charge >= 0.3 is 0 Å². The van der Waals surface area contributed by atoms with Crippen molar-refractivity contribution in [3.05, 3.63) is 35.9 Å². The number of hydrogen-bond acceptors (Lipinski definition) is 9. The summed E-state index contributed by atoms with van der Waals surface area (Å²) in [7, 11) is 3.64. The van der Waals surface area contributed by atoms with Gasteiger partial charge < -0.3 is 35.2 Å². The molecule has 10 nitrogen and oxygen atoms in total. The number of carbonyl (C=O) groups is 1. The molecule has 2 heterocycles. The van der Waals surface area contributed by atoms with Crippen LogP contribution in [-0.4, -0.2) is 62.2 Å². The Bertz CT molecular complexity index is 1080. The summed E-state index contributed by atoms with van der Waals surface area (Å²) in [5.74, 6) is 0.848. The van der Waals surface area contributed by atoms with E-state index in [1.165, 1.54) is 12.1 Å². The molecule has 0 radical (unpaired) electrons. The van der Waals surface area contributed by atoms with Crippen LogP contribution in [0.4, 0.5) is 17.1 Å². The molecule has 1 unspecified atom stereocenters. The third-order valence-corrected chi connectivity index (χ3v) is 6.29. The molecular formula is C25H34N4O6. The Morgan fingerprint density at radius 2 is 2.06 bits per heavy atom. The number of aliphatic hydroxyl groups excluding tert-OH is 1. The number of β-amino-alcohol motifs (C(OH)–C–C–N with tert-alkyl or cyclic N) is 1. The number of phenolic OH excluding ortho intramolecular Hbond substituents is 1. The molecule has 0 bridgehead atoms. The van der Waals surface area contributed by atoms with Crippen LogP contribution in [0.3, 0.4) is 0 Å². The second-order valence-electron chi connectivity index (χ2n) is 9.55. The van der Waals surface area contributed by atoms with Crippen molar-refractivity contribution in [1.29, 1.82) is 0 Å². The minimum absolute atomic E-state index is 0.0482. The van der Waals surface area contributed by atoms with Crippen molar-refractivity contribution < 1.29 is 29.3 Å². The Morgan fingerprint density at radius 3 is 2.83 bits per heavy atom. The molecule has 2 aromatic carbocycles. The summed E-state index contributed by atoms with van der Waals surface area (Å²) in [6.07, 6.45) is 0.779. The summed E-state index contributed by atoms with van der Waals surface area (Å²) < 4.78 is 10.9. The molecule has 0 aromatic heterocycles. The summed E-state index contributed by atoms with van der Waals surface area (Å²) in [6, 6.07) is 8.81. The maximum Gasteiger partial charge on any atom is 0.262 e. The zero-order valence-corrected chi connectivity index (χ0v) is 20.6. The summed E-state index contributed by atoms with van der Waals surface area (Å²) in [6.45, 7) is 5.48. The van der Waals surface area contributed by atoms with Crippen LogP contribution in [0.5, 0.6) is 17.2 Å². The van der Waals surface area contributed by atoms with E-state index in [2.05, 4.69) is 24.5 Å². The number of phenols is 1. The molecule has 2 aliphatic heterocycles. The van der Waals surface area contributed by atoms with Gasteiger partial charge in [-0.15, -0.1) is 0 Å². The summed E-state index contributed by atoms with van der Waals surface area (Å²) in [5, 5.41) is 28.8. The zero-order chi connectivity index (χ0) is 25.2.